The Labute approximate surface area is 420 Å². The van der Waals surface area contributed by atoms with Crippen molar-refractivity contribution in [2.24, 2.45) is 0 Å². The predicted octanol–water partition coefficient (Wildman–Crippen LogP) is 12.1. The first-order valence-electron chi connectivity index (χ1n) is 22.4. The largest absolute Gasteiger partial charge is 0.301 e. The molecule has 0 unspecified atom stereocenters. The molecule has 0 spiro atoms. The molecule has 68 heavy (non-hydrogen) atoms. The van der Waals surface area contributed by atoms with Crippen molar-refractivity contribution in [1.82, 2.24) is 4.17 Å². The second-order valence-electron chi connectivity index (χ2n) is 16.4. The minimum Gasteiger partial charge on any atom is -0.195 e. The third kappa shape index (κ3) is 9.53. The molecule has 0 amide bonds. The van der Waals surface area contributed by atoms with E-state index in [0.717, 1.165) is 21.9 Å². The first-order chi connectivity index (χ1) is 33.3. The lowest BCUT2D eigenvalue weighted by atomic mass is 9.13. The smallest absolute Gasteiger partial charge is 0.195 e. The van der Waals surface area contributed by atoms with Crippen LogP contribution in [0.15, 0.2) is 279 Å². The summed E-state index contributed by atoms with van der Waals surface area (Å²) in [6.45, 7) is 0. The number of rotatable bonds is 10. The molecule has 0 aromatic heterocycles. The van der Waals surface area contributed by atoms with Gasteiger partial charge in [-0.2, -0.15) is 21.9 Å². The van der Waals surface area contributed by atoms with Crippen LogP contribution in [0.1, 0.15) is 0 Å². The first-order valence-corrected chi connectivity index (χ1v) is 27.4. The van der Waals surface area contributed by atoms with E-state index in [2.05, 4.69) is 231 Å². The number of hydrogen-bond donors (Lipinski definition) is 0. The topological polar surface area (TPSA) is 14.1 Å². The maximum Gasteiger partial charge on any atom is 0.301 e. The van der Waals surface area contributed by atoms with Crippen LogP contribution in [0.2, 0.25) is 20.1 Å². The fourth-order valence-electron chi connectivity index (χ4n) is 9.43. The Bertz CT molecular complexity index is 2800. The Balaban J connectivity index is 0.000000178. The summed E-state index contributed by atoms with van der Waals surface area (Å²) in [5.74, 6) is 0. The second kappa shape index (κ2) is 21.5. The predicted molar refractivity (Wildman–Crippen MR) is 303 cm³/mol. The lowest BCUT2D eigenvalue weighted by molar-refractivity contribution is 1.66. The van der Waals surface area contributed by atoms with E-state index in [9.17, 15) is 0 Å². The standard InChI is InChI=1S/C36H30NP2.C24H16BCl4/c1-7-19-31(20-8-1)38(32-21-9-2-10-22-32,33-23-11-3-12-24-33)37-39(34-25-13-4-14-26-34,35-27-15-5-16-28-35)36-29-17-6-18-30-36;26-21-9-1-17(2-10-21)25(18-3-11-22(27)12-4-18,19-5-13-23(28)14-6-19)20-7-15-24(29)16-8-20/h1-30H;1-16H/q+1;-1. The number of benzene rings is 10. The SMILES string of the molecule is Clc1ccc([B-](c2ccc(Cl)cc2)(c2ccc(Cl)cc2)c2ccc(Cl)cc2)cc1.c1ccc(P(=[N+]=P(c2ccccc2)(c2ccccc2)c2ccccc2)(c2ccccc2)c2ccccc2)cc1. The summed E-state index contributed by atoms with van der Waals surface area (Å²) >= 11 is 24.9. The molecule has 0 bridgehead atoms. The Morgan fingerprint density at radius 3 is 0.544 bits per heavy atom. The fraction of sp³-hybridized carbons (Fsp3) is 0. The minimum atomic E-state index is -2.50. The van der Waals surface area contributed by atoms with Crippen LogP contribution in [0, 0.1) is 0 Å². The summed E-state index contributed by atoms with van der Waals surface area (Å²) in [6.07, 6.45) is -1.51. The van der Waals surface area contributed by atoms with Gasteiger partial charge >= 0.3 is 14.1 Å². The molecule has 0 radical (unpaired) electrons. The highest BCUT2D eigenvalue weighted by molar-refractivity contribution is 7.93. The van der Waals surface area contributed by atoms with Gasteiger partial charge < -0.3 is 0 Å². The van der Waals surface area contributed by atoms with Gasteiger partial charge in [0.05, 0.1) is 31.8 Å². The Kier molecular flexibility index (Phi) is 14.9. The average molecular weight is 996 g/mol. The van der Waals surface area contributed by atoms with Crippen molar-refractivity contribution in [3.05, 3.63) is 299 Å². The molecule has 10 rings (SSSR count). The molecule has 0 atom stereocenters. The van der Waals surface area contributed by atoms with Crippen molar-refractivity contribution in [3.8, 4) is 0 Å². The quantitative estimate of drug-likeness (QED) is 0.0736. The maximum absolute atomic E-state index is 6.38. The summed E-state index contributed by atoms with van der Waals surface area (Å²) in [5.41, 5.74) is 4.56. The van der Waals surface area contributed by atoms with Gasteiger partial charge in [0.2, 0.25) is 0 Å². The molecule has 0 aliphatic carbocycles. The molecule has 10 aromatic carbocycles. The molecule has 332 valence electrons. The molecular weight excluding hydrogens is 949 g/mol. The van der Waals surface area contributed by atoms with Gasteiger partial charge in [-0.05, 0) is 121 Å². The van der Waals surface area contributed by atoms with Gasteiger partial charge in [0.1, 0.15) is 6.15 Å². The summed E-state index contributed by atoms with van der Waals surface area (Å²) in [5, 5.41) is 10.3. The van der Waals surface area contributed by atoms with Crippen LogP contribution in [-0.2, 0) is 0 Å². The van der Waals surface area contributed by atoms with Crippen LogP contribution in [0.25, 0.3) is 0 Å². The Morgan fingerprint density at radius 2 is 0.382 bits per heavy atom. The lowest BCUT2D eigenvalue weighted by Gasteiger charge is -2.44. The van der Waals surface area contributed by atoms with E-state index in [0.29, 0.717) is 20.1 Å². The lowest BCUT2D eigenvalue weighted by Crippen LogP contribution is -2.74. The number of nitrogens with zero attached hydrogens (tertiary/aromatic N) is 1. The average Bonchev–Trinajstić information content (AvgIpc) is 3.41. The molecule has 0 fully saturated rings. The maximum atomic E-state index is 6.38. The van der Waals surface area contributed by atoms with Crippen LogP contribution in [-0.4, -0.2) is 6.15 Å². The molecule has 0 aliphatic rings. The summed E-state index contributed by atoms with van der Waals surface area (Å²) in [6, 6.07) is 97.7. The van der Waals surface area contributed by atoms with Crippen molar-refractivity contribution in [2.45, 2.75) is 0 Å². The molecular formula is C60H46BCl4NP2. The molecule has 10 aromatic rings. The van der Waals surface area contributed by atoms with Crippen molar-refractivity contribution in [3.63, 3.8) is 0 Å². The van der Waals surface area contributed by atoms with E-state index < -0.39 is 20.3 Å². The molecule has 0 N–H and O–H groups in total. The molecule has 1 nitrogen and oxygen atoms in total. The molecule has 0 aliphatic heterocycles. The van der Waals surface area contributed by atoms with Crippen LogP contribution in [0.3, 0.4) is 0 Å². The third-order valence-electron chi connectivity index (χ3n) is 12.5. The van der Waals surface area contributed by atoms with Crippen molar-refractivity contribution in [1.29, 1.82) is 0 Å². The highest BCUT2D eigenvalue weighted by Gasteiger charge is 2.44. The molecule has 0 saturated heterocycles. The van der Waals surface area contributed by atoms with Gasteiger partial charge in [-0.3, -0.25) is 0 Å². The fourth-order valence-corrected chi connectivity index (χ4v) is 19.4. The van der Waals surface area contributed by atoms with Crippen LogP contribution in [0.4, 0.5) is 0 Å². The summed E-state index contributed by atoms with van der Waals surface area (Å²) in [4.78, 5) is 0. The van der Waals surface area contributed by atoms with Crippen molar-refractivity contribution < 1.29 is 0 Å². The Hall–Kier alpha value is -6.01. The van der Waals surface area contributed by atoms with E-state index in [1.54, 1.807) is 0 Å². The number of halogens is 4. The minimum absolute atomic E-state index is 0.696. The second-order valence-corrected chi connectivity index (χ2v) is 24.5. The third-order valence-corrected chi connectivity index (χ3v) is 22.0. The van der Waals surface area contributed by atoms with Crippen molar-refractivity contribution in [2.75, 3.05) is 0 Å². The highest BCUT2D eigenvalue weighted by atomic mass is 35.5. The highest BCUT2D eigenvalue weighted by Crippen LogP contribution is 2.50. The van der Waals surface area contributed by atoms with E-state index in [1.807, 2.05) is 48.5 Å². The van der Waals surface area contributed by atoms with Crippen molar-refractivity contribution >= 4 is 120 Å². The van der Waals surface area contributed by atoms with Gasteiger partial charge in [-0.25, -0.2) is 0 Å². The monoisotopic (exact) mass is 993 g/mol. The zero-order valence-corrected chi connectivity index (χ0v) is 41.8. The zero-order chi connectivity index (χ0) is 46.8. The van der Waals surface area contributed by atoms with Crippen LogP contribution < -0.4 is 57.9 Å². The summed E-state index contributed by atoms with van der Waals surface area (Å²) < 4.78 is 6.38. The first kappa shape index (κ1) is 47.1. The number of hydrogen-bond acceptors (Lipinski definition) is 0. The Morgan fingerprint density at radius 1 is 0.221 bits per heavy atom. The van der Waals surface area contributed by atoms with Gasteiger partial charge in [0.25, 0.3) is 0 Å². The van der Waals surface area contributed by atoms with E-state index in [1.165, 1.54) is 31.8 Å². The molecule has 8 heteroatoms. The van der Waals surface area contributed by atoms with E-state index in [4.69, 9.17) is 50.6 Å². The molecule has 0 heterocycles. The van der Waals surface area contributed by atoms with E-state index >= 15 is 0 Å². The van der Waals surface area contributed by atoms with Gasteiger partial charge in [0.15, 0.2) is 0 Å². The van der Waals surface area contributed by atoms with Gasteiger partial charge in [-0.15, -0.1) is 4.17 Å². The van der Waals surface area contributed by atoms with Crippen LogP contribution in [0.5, 0.6) is 0 Å². The van der Waals surface area contributed by atoms with Gasteiger partial charge in [-0.1, -0.05) is 204 Å². The molecule has 0 saturated carbocycles. The van der Waals surface area contributed by atoms with Gasteiger partial charge in [0, 0.05) is 20.1 Å². The zero-order valence-electron chi connectivity index (χ0n) is 37.0. The normalized spacial score (nSPS) is 11.5. The van der Waals surface area contributed by atoms with Crippen LogP contribution >= 0.6 is 60.5 Å². The van der Waals surface area contributed by atoms with E-state index in [-0.39, 0.29) is 0 Å². The summed E-state index contributed by atoms with van der Waals surface area (Å²) in [7, 11) is -4.99.